The fraction of sp³-hybridized carbons (Fsp3) is 0.714. The summed E-state index contributed by atoms with van der Waals surface area (Å²) < 4.78 is 5.60. The van der Waals surface area contributed by atoms with Crippen molar-refractivity contribution in [3.8, 4) is 0 Å². The Morgan fingerprint density at radius 1 is 1.56 bits per heavy atom. The molecular formula is C14H23NO. The predicted molar refractivity (Wildman–Crippen MR) is 66.4 cm³/mol. The van der Waals surface area contributed by atoms with Crippen molar-refractivity contribution in [3.63, 3.8) is 0 Å². The molecule has 0 spiro atoms. The highest BCUT2D eigenvalue weighted by Crippen LogP contribution is 2.41. The highest BCUT2D eigenvalue weighted by atomic mass is 16.3. The van der Waals surface area contributed by atoms with Gasteiger partial charge in [0.05, 0.1) is 6.26 Å². The molecule has 2 atom stereocenters. The average molecular weight is 221 g/mol. The summed E-state index contributed by atoms with van der Waals surface area (Å²) >= 11 is 0. The lowest BCUT2D eigenvalue weighted by atomic mass is 9.74. The van der Waals surface area contributed by atoms with Crippen LogP contribution in [0.3, 0.4) is 0 Å². The van der Waals surface area contributed by atoms with Crippen LogP contribution in [-0.2, 0) is 6.42 Å². The van der Waals surface area contributed by atoms with Crippen LogP contribution in [0.5, 0.6) is 0 Å². The van der Waals surface area contributed by atoms with Gasteiger partial charge < -0.3 is 9.73 Å². The van der Waals surface area contributed by atoms with Crippen molar-refractivity contribution in [2.45, 2.75) is 59.0 Å². The Morgan fingerprint density at radius 2 is 2.31 bits per heavy atom. The third kappa shape index (κ3) is 2.32. The summed E-state index contributed by atoms with van der Waals surface area (Å²) in [6.07, 6.45) is 5.26. The van der Waals surface area contributed by atoms with E-state index in [2.05, 4.69) is 39.1 Å². The Hall–Kier alpha value is -0.760. The van der Waals surface area contributed by atoms with Gasteiger partial charge in [0.1, 0.15) is 5.76 Å². The molecule has 1 aliphatic carbocycles. The van der Waals surface area contributed by atoms with Crippen LogP contribution < -0.4 is 5.32 Å². The molecule has 90 valence electrons. The fourth-order valence-corrected chi connectivity index (χ4v) is 2.58. The standard InChI is InChI=1S/C14H23NO/c1-5-10(2)15-12-8-14(3,4)9-13-11(12)6-7-16-13/h6-7,10,12,15H,5,8-9H2,1-4H3. The Morgan fingerprint density at radius 3 is 3.00 bits per heavy atom. The van der Waals surface area contributed by atoms with Gasteiger partial charge in [-0.15, -0.1) is 0 Å². The smallest absolute Gasteiger partial charge is 0.109 e. The third-order valence-electron chi connectivity index (χ3n) is 3.65. The topological polar surface area (TPSA) is 25.2 Å². The predicted octanol–water partition coefficient (Wildman–Crippen LogP) is 3.68. The molecule has 0 saturated carbocycles. The van der Waals surface area contributed by atoms with Crippen LogP contribution in [0.2, 0.25) is 0 Å². The van der Waals surface area contributed by atoms with Crippen LogP contribution in [0.25, 0.3) is 0 Å². The molecule has 16 heavy (non-hydrogen) atoms. The first-order valence-corrected chi connectivity index (χ1v) is 6.34. The summed E-state index contributed by atoms with van der Waals surface area (Å²) in [4.78, 5) is 0. The van der Waals surface area contributed by atoms with Gasteiger partial charge >= 0.3 is 0 Å². The Balaban J connectivity index is 2.20. The van der Waals surface area contributed by atoms with Crippen LogP contribution in [-0.4, -0.2) is 6.04 Å². The molecule has 0 aromatic carbocycles. The largest absolute Gasteiger partial charge is 0.469 e. The van der Waals surface area contributed by atoms with Gasteiger partial charge in [0, 0.05) is 24.1 Å². The molecule has 0 amide bonds. The minimum absolute atomic E-state index is 0.343. The van der Waals surface area contributed by atoms with Gasteiger partial charge in [-0.05, 0) is 31.2 Å². The maximum absolute atomic E-state index is 5.60. The molecule has 2 unspecified atom stereocenters. The molecular weight excluding hydrogens is 198 g/mol. The van der Waals surface area contributed by atoms with Gasteiger partial charge in [0.2, 0.25) is 0 Å². The molecule has 0 fully saturated rings. The lowest BCUT2D eigenvalue weighted by Gasteiger charge is -2.36. The SMILES string of the molecule is CCC(C)NC1CC(C)(C)Cc2occc21. The van der Waals surface area contributed by atoms with E-state index in [1.165, 1.54) is 24.2 Å². The number of nitrogens with one attached hydrogen (secondary N) is 1. The monoisotopic (exact) mass is 221 g/mol. The van der Waals surface area contributed by atoms with Crippen LogP contribution in [0, 0.1) is 5.41 Å². The van der Waals surface area contributed by atoms with Gasteiger partial charge in [-0.3, -0.25) is 0 Å². The number of fused-ring (bicyclic) bond motifs is 1. The lowest BCUT2D eigenvalue weighted by molar-refractivity contribution is 0.226. The number of furan rings is 1. The number of hydrogen-bond acceptors (Lipinski definition) is 2. The second-order valence-corrected chi connectivity index (χ2v) is 5.87. The van der Waals surface area contributed by atoms with E-state index in [9.17, 15) is 0 Å². The molecule has 0 aliphatic heterocycles. The Bertz CT molecular complexity index is 353. The van der Waals surface area contributed by atoms with E-state index in [4.69, 9.17) is 4.42 Å². The number of hydrogen-bond donors (Lipinski definition) is 1. The van der Waals surface area contributed by atoms with Crippen molar-refractivity contribution in [1.29, 1.82) is 0 Å². The molecule has 1 aliphatic rings. The molecule has 1 N–H and O–H groups in total. The van der Waals surface area contributed by atoms with Crippen molar-refractivity contribution in [2.24, 2.45) is 5.41 Å². The van der Waals surface area contributed by atoms with E-state index in [1.54, 1.807) is 0 Å². The van der Waals surface area contributed by atoms with Crippen LogP contribution >= 0.6 is 0 Å². The van der Waals surface area contributed by atoms with Crippen LogP contribution in [0.4, 0.5) is 0 Å². The van der Waals surface area contributed by atoms with E-state index in [0.29, 0.717) is 17.5 Å². The van der Waals surface area contributed by atoms with E-state index in [1.807, 2.05) is 6.26 Å². The zero-order chi connectivity index (χ0) is 11.8. The van der Waals surface area contributed by atoms with E-state index in [-0.39, 0.29) is 0 Å². The van der Waals surface area contributed by atoms with Gasteiger partial charge in [-0.25, -0.2) is 0 Å². The quantitative estimate of drug-likeness (QED) is 0.842. The minimum atomic E-state index is 0.343. The summed E-state index contributed by atoms with van der Waals surface area (Å²) in [6, 6.07) is 3.17. The van der Waals surface area contributed by atoms with Crippen LogP contribution in [0.15, 0.2) is 16.7 Å². The molecule has 1 aromatic rings. The first-order valence-electron chi connectivity index (χ1n) is 6.34. The van der Waals surface area contributed by atoms with Crippen molar-refractivity contribution in [2.75, 3.05) is 0 Å². The average Bonchev–Trinajstić information content (AvgIpc) is 2.63. The molecule has 2 nitrogen and oxygen atoms in total. The molecule has 0 saturated heterocycles. The van der Waals surface area contributed by atoms with Crippen molar-refractivity contribution >= 4 is 0 Å². The molecule has 1 aromatic heterocycles. The Labute approximate surface area is 98.4 Å². The molecule has 2 heteroatoms. The lowest BCUT2D eigenvalue weighted by Crippen LogP contribution is -2.36. The van der Waals surface area contributed by atoms with Crippen molar-refractivity contribution in [1.82, 2.24) is 5.32 Å². The van der Waals surface area contributed by atoms with Gasteiger partial charge in [-0.2, -0.15) is 0 Å². The second kappa shape index (κ2) is 4.25. The second-order valence-electron chi connectivity index (χ2n) is 5.87. The maximum atomic E-state index is 5.60. The summed E-state index contributed by atoms with van der Waals surface area (Å²) in [5, 5.41) is 3.71. The minimum Gasteiger partial charge on any atom is -0.469 e. The van der Waals surface area contributed by atoms with Crippen LogP contribution in [0.1, 0.15) is 57.9 Å². The maximum Gasteiger partial charge on any atom is 0.109 e. The Kier molecular flexibility index (Phi) is 3.11. The summed E-state index contributed by atoms with van der Waals surface area (Å²) in [6.45, 7) is 9.12. The number of rotatable bonds is 3. The molecule has 1 heterocycles. The fourth-order valence-electron chi connectivity index (χ4n) is 2.58. The van der Waals surface area contributed by atoms with E-state index in [0.717, 1.165) is 6.42 Å². The van der Waals surface area contributed by atoms with Gasteiger partial charge in [0.25, 0.3) is 0 Å². The summed E-state index contributed by atoms with van der Waals surface area (Å²) in [5.41, 5.74) is 1.72. The van der Waals surface area contributed by atoms with E-state index >= 15 is 0 Å². The highest BCUT2D eigenvalue weighted by molar-refractivity contribution is 5.26. The first-order chi connectivity index (χ1) is 7.52. The molecule has 0 radical (unpaired) electrons. The highest BCUT2D eigenvalue weighted by Gasteiger charge is 2.34. The summed E-state index contributed by atoms with van der Waals surface area (Å²) in [7, 11) is 0. The third-order valence-corrected chi connectivity index (χ3v) is 3.65. The zero-order valence-electron chi connectivity index (χ0n) is 10.8. The molecule has 2 rings (SSSR count). The zero-order valence-corrected chi connectivity index (χ0v) is 10.8. The van der Waals surface area contributed by atoms with Crippen molar-refractivity contribution < 1.29 is 4.42 Å². The summed E-state index contributed by atoms with van der Waals surface area (Å²) in [5.74, 6) is 1.18. The van der Waals surface area contributed by atoms with Gasteiger partial charge in [0.15, 0.2) is 0 Å². The van der Waals surface area contributed by atoms with Crippen molar-refractivity contribution in [3.05, 3.63) is 23.7 Å². The van der Waals surface area contributed by atoms with Gasteiger partial charge in [-0.1, -0.05) is 20.8 Å². The van der Waals surface area contributed by atoms with E-state index < -0.39 is 0 Å². The molecule has 0 bridgehead atoms. The normalized spacial score (nSPS) is 25.1. The first kappa shape index (κ1) is 11.7.